The number of ether oxygens (including phenoxy) is 3. The molecule has 0 radical (unpaired) electrons. The van der Waals surface area contributed by atoms with Crippen LogP contribution in [0.1, 0.15) is 42.1 Å². The number of hydrogen-bond acceptors (Lipinski definition) is 5. The third-order valence-corrected chi connectivity index (χ3v) is 7.47. The zero-order valence-corrected chi connectivity index (χ0v) is 25.3. The minimum absolute atomic E-state index is 0.255. The number of carbonyl (C=O) groups is 2. The summed E-state index contributed by atoms with van der Waals surface area (Å²) in [5.74, 6) is -0.216. The molecule has 0 saturated heterocycles. The molecular weight excluding hydrogens is 567 g/mol. The number of hydrogen-bond donors (Lipinski definition) is 0. The highest BCUT2D eigenvalue weighted by Gasteiger charge is 2.12. The van der Waals surface area contributed by atoms with Crippen molar-refractivity contribution in [3.63, 3.8) is 0 Å². The van der Waals surface area contributed by atoms with Gasteiger partial charge in [-0.15, -0.1) is 0 Å². The molecule has 0 atom stereocenters. The molecule has 0 amide bonds. The summed E-state index contributed by atoms with van der Waals surface area (Å²) < 4.78 is 31.5. The van der Waals surface area contributed by atoms with Crippen LogP contribution in [0.2, 0.25) is 0 Å². The van der Waals surface area contributed by atoms with E-state index in [-0.39, 0.29) is 12.4 Å². The van der Waals surface area contributed by atoms with E-state index < -0.39 is 11.9 Å². The highest BCUT2D eigenvalue weighted by atomic mass is 19.1. The second-order valence-corrected chi connectivity index (χ2v) is 10.7. The van der Waals surface area contributed by atoms with Gasteiger partial charge in [0.25, 0.3) is 0 Å². The molecule has 0 N–H and O–H groups in total. The smallest absolute Gasteiger partial charge is 0.343 e. The molecule has 5 aromatic carbocycles. The van der Waals surface area contributed by atoms with Crippen molar-refractivity contribution < 1.29 is 28.2 Å². The first-order chi connectivity index (χ1) is 21.9. The van der Waals surface area contributed by atoms with Gasteiger partial charge in [0.05, 0.1) is 18.8 Å². The van der Waals surface area contributed by atoms with Crippen LogP contribution >= 0.6 is 0 Å². The van der Waals surface area contributed by atoms with E-state index in [1.165, 1.54) is 5.56 Å². The average Bonchev–Trinajstić information content (AvgIpc) is 3.07. The van der Waals surface area contributed by atoms with Crippen molar-refractivity contribution in [3.05, 3.63) is 133 Å². The maximum absolute atomic E-state index is 15.2. The van der Waals surface area contributed by atoms with E-state index in [0.717, 1.165) is 47.2 Å². The quantitative estimate of drug-likeness (QED) is 0.0582. The van der Waals surface area contributed by atoms with Gasteiger partial charge in [-0.2, -0.15) is 0 Å². The zero-order valence-electron chi connectivity index (χ0n) is 25.3. The van der Waals surface area contributed by atoms with Crippen LogP contribution in [0, 0.1) is 5.82 Å². The molecule has 5 aromatic rings. The van der Waals surface area contributed by atoms with Crippen LogP contribution in [0.4, 0.5) is 4.39 Å². The van der Waals surface area contributed by atoms with Gasteiger partial charge in [0, 0.05) is 18.1 Å². The Bertz CT molecular complexity index is 1790. The fraction of sp³-hybridized carbons (Fsp3) is 0.179. The van der Waals surface area contributed by atoms with Gasteiger partial charge in [-0.1, -0.05) is 80.6 Å². The van der Waals surface area contributed by atoms with E-state index in [4.69, 9.17) is 14.2 Å². The second kappa shape index (κ2) is 15.0. The van der Waals surface area contributed by atoms with Crippen LogP contribution in [0.5, 0.6) is 11.5 Å². The molecule has 0 fully saturated rings. The topological polar surface area (TPSA) is 61.8 Å². The minimum atomic E-state index is -0.490. The van der Waals surface area contributed by atoms with Crippen LogP contribution in [0.25, 0.3) is 33.0 Å². The van der Waals surface area contributed by atoms with E-state index in [9.17, 15) is 9.59 Å². The molecule has 0 bridgehead atoms. The Morgan fingerprint density at radius 2 is 1.42 bits per heavy atom. The number of carbonyl (C=O) groups excluding carboxylic acids is 2. The number of rotatable bonds is 13. The largest absolute Gasteiger partial charge is 0.493 e. The Labute approximate surface area is 262 Å². The fourth-order valence-corrected chi connectivity index (χ4v) is 4.96. The Morgan fingerprint density at radius 1 is 0.733 bits per heavy atom. The summed E-state index contributed by atoms with van der Waals surface area (Å²) in [6.07, 6.45) is 5.04. The van der Waals surface area contributed by atoms with Gasteiger partial charge in [0.15, 0.2) is 0 Å². The summed E-state index contributed by atoms with van der Waals surface area (Å²) in [5, 5.41) is 1.77. The summed E-state index contributed by atoms with van der Waals surface area (Å²) in [7, 11) is 0. The lowest BCUT2D eigenvalue weighted by Gasteiger charge is -2.10. The Kier molecular flexibility index (Phi) is 10.4. The van der Waals surface area contributed by atoms with Crippen molar-refractivity contribution in [1.82, 2.24) is 0 Å². The number of halogens is 1. The highest BCUT2D eigenvalue weighted by Crippen LogP contribution is 2.30. The molecule has 0 aliphatic carbocycles. The zero-order chi connectivity index (χ0) is 31.6. The molecule has 0 aromatic heterocycles. The predicted octanol–water partition coefficient (Wildman–Crippen LogP) is 9.37. The summed E-state index contributed by atoms with van der Waals surface area (Å²) in [6, 6.07) is 31.3. The molecule has 6 heteroatoms. The van der Waals surface area contributed by atoms with Crippen LogP contribution in [-0.2, 0) is 16.0 Å². The lowest BCUT2D eigenvalue weighted by molar-refractivity contribution is -0.137. The molecule has 228 valence electrons. The molecule has 45 heavy (non-hydrogen) atoms. The maximum Gasteiger partial charge on any atom is 0.343 e. The van der Waals surface area contributed by atoms with E-state index in [2.05, 4.69) is 25.6 Å². The maximum atomic E-state index is 15.2. The monoisotopic (exact) mass is 602 g/mol. The Hall–Kier alpha value is -5.23. The standard InChI is InChI=1S/C39H35FO5/c1-3-5-7-27-8-10-28(11-9-27)32-17-21-36(37(40)26-32)29-14-18-34(19-15-29)45-39(42)33-13-12-31-25-35(20-16-30(31)24-33)43-22-6-23-44-38(41)4-2/h4,8-21,24-26H,2-3,5-7,22-23H2,1H3. The number of esters is 2. The molecule has 0 saturated carbocycles. The third-order valence-electron chi connectivity index (χ3n) is 7.47. The molecule has 5 rings (SSSR count). The molecule has 0 spiro atoms. The van der Waals surface area contributed by atoms with E-state index >= 15 is 4.39 Å². The number of unbranched alkanes of at least 4 members (excludes halogenated alkanes) is 1. The van der Waals surface area contributed by atoms with E-state index in [1.54, 1.807) is 48.5 Å². The Morgan fingerprint density at radius 3 is 2.16 bits per heavy atom. The first-order valence-electron chi connectivity index (χ1n) is 15.1. The number of fused-ring (bicyclic) bond motifs is 1. The molecule has 0 unspecified atom stereocenters. The van der Waals surface area contributed by atoms with Gasteiger partial charge in [-0.25, -0.2) is 14.0 Å². The average molecular weight is 603 g/mol. The van der Waals surface area contributed by atoms with Gasteiger partial charge < -0.3 is 14.2 Å². The summed E-state index contributed by atoms with van der Waals surface area (Å²) >= 11 is 0. The van der Waals surface area contributed by atoms with Crippen molar-refractivity contribution >= 4 is 22.7 Å². The van der Waals surface area contributed by atoms with Crippen molar-refractivity contribution in [2.75, 3.05) is 13.2 Å². The molecule has 0 aliphatic rings. The first-order valence-corrected chi connectivity index (χ1v) is 15.1. The molecule has 0 heterocycles. The number of aryl methyl sites for hydroxylation is 1. The number of benzene rings is 5. The van der Waals surface area contributed by atoms with Crippen molar-refractivity contribution in [2.45, 2.75) is 32.6 Å². The van der Waals surface area contributed by atoms with Crippen LogP contribution in [0.15, 0.2) is 116 Å². The first kappa shape index (κ1) is 31.2. The fourth-order valence-electron chi connectivity index (χ4n) is 4.96. The van der Waals surface area contributed by atoms with Gasteiger partial charge in [0.2, 0.25) is 0 Å². The van der Waals surface area contributed by atoms with E-state index in [0.29, 0.717) is 41.2 Å². The molecular formula is C39H35FO5. The minimum Gasteiger partial charge on any atom is -0.493 e. The van der Waals surface area contributed by atoms with Crippen LogP contribution < -0.4 is 9.47 Å². The summed E-state index contributed by atoms with van der Waals surface area (Å²) in [6.45, 7) is 6.19. The predicted molar refractivity (Wildman–Crippen MR) is 176 cm³/mol. The van der Waals surface area contributed by atoms with Crippen LogP contribution in [0.3, 0.4) is 0 Å². The van der Waals surface area contributed by atoms with E-state index in [1.807, 2.05) is 42.5 Å². The molecule has 5 nitrogen and oxygen atoms in total. The highest BCUT2D eigenvalue weighted by molar-refractivity contribution is 5.96. The van der Waals surface area contributed by atoms with Gasteiger partial charge in [-0.05, 0) is 88.3 Å². The Balaban J connectivity index is 1.18. The van der Waals surface area contributed by atoms with Gasteiger partial charge in [-0.3, -0.25) is 0 Å². The van der Waals surface area contributed by atoms with Crippen molar-refractivity contribution in [3.8, 4) is 33.8 Å². The summed E-state index contributed by atoms with van der Waals surface area (Å²) in [5.41, 5.74) is 4.67. The normalized spacial score (nSPS) is 10.8. The summed E-state index contributed by atoms with van der Waals surface area (Å²) in [4.78, 5) is 24.0. The lowest BCUT2D eigenvalue weighted by Crippen LogP contribution is -2.08. The van der Waals surface area contributed by atoms with Crippen molar-refractivity contribution in [1.29, 1.82) is 0 Å². The van der Waals surface area contributed by atoms with Gasteiger partial charge in [0.1, 0.15) is 17.3 Å². The SMILES string of the molecule is C=CC(=O)OCCCOc1ccc2cc(C(=O)Oc3ccc(-c4ccc(-c5ccc(CCCC)cc5)cc4F)cc3)ccc2c1. The third kappa shape index (κ3) is 8.24. The molecule has 0 aliphatic heterocycles. The lowest BCUT2D eigenvalue weighted by atomic mass is 9.98. The van der Waals surface area contributed by atoms with Crippen molar-refractivity contribution in [2.24, 2.45) is 0 Å². The van der Waals surface area contributed by atoms with Gasteiger partial charge >= 0.3 is 11.9 Å². The van der Waals surface area contributed by atoms with Crippen LogP contribution in [-0.4, -0.2) is 25.2 Å². The second-order valence-electron chi connectivity index (χ2n) is 10.7.